The van der Waals surface area contributed by atoms with Crippen molar-refractivity contribution < 1.29 is 13.9 Å². The molecular formula is C20H25FN4O2. The van der Waals surface area contributed by atoms with Gasteiger partial charge < -0.3 is 19.7 Å². The first-order valence-corrected chi connectivity index (χ1v) is 9.49. The molecule has 0 unspecified atom stereocenters. The van der Waals surface area contributed by atoms with E-state index < -0.39 is 5.79 Å². The Bertz CT molecular complexity index is 785. The molecule has 1 aromatic carbocycles. The second-order valence-electron chi connectivity index (χ2n) is 7.06. The van der Waals surface area contributed by atoms with E-state index in [0.29, 0.717) is 31.7 Å². The highest BCUT2D eigenvalue weighted by atomic mass is 19.1. The van der Waals surface area contributed by atoms with Crippen LogP contribution in [0.3, 0.4) is 0 Å². The number of halogens is 1. The van der Waals surface area contributed by atoms with Crippen LogP contribution in [0, 0.1) is 12.7 Å². The number of aryl methyl sites for hydroxylation is 1. The van der Waals surface area contributed by atoms with Gasteiger partial charge in [-0.25, -0.2) is 9.37 Å². The summed E-state index contributed by atoms with van der Waals surface area (Å²) in [5.41, 5.74) is 1.61. The number of aromatic nitrogens is 2. The zero-order valence-corrected chi connectivity index (χ0v) is 15.6. The number of ether oxygens (including phenoxy) is 2. The SMILES string of the molecule is Cc1cc(NCCc2ccccc2F)nc(N2CCC3(CC2)OCCO3)n1. The van der Waals surface area contributed by atoms with E-state index >= 15 is 0 Å². The molecule has 6 nitrogen and oxygen atoms in total. The van der Waals surface area contributed by atoms with Gasteiger partial charge >= 0.3 is 0 Å². The molecule has 0 saturated carbocycles. The Hall–Kier alpha value is -2.25. The Morgan fingerprint density at radius 2 is 1.89 bits per heavy atom. The highest BCUT2D eigenvalue weighted by molar-refractivity contribution is 5.44. The first-order valence-electron chi connectivity index (χ1n) is 9.49. The molecule has 2 fully saturated rings. The van der Waals surface area contributed by atoms with Gasteiger partial charge in [0.1, 0.15) is 11.6 Å². The molecule has 0 radical (unpaired) electrons. The monoisotopic (exact) mass is 372 g/mol. The van der Waals surface area contributed by atoms with Gasteiger partial charge in [-0.15, -0.1) is 0 Å². The summed E-state index contributed by atoms with van der Waals surface area (Å²) >= 11 is 0. The lowest BCUT2D eigenvalue weighted by atomic mass is 10.0. The van der Waals surface area contributed by atoms with Gasteiger partial charge in [0.15, 0.2) is 5.79 Å². The van der Waals surface area contributed by atoms with Crippen LogP contribution in [0.5, 0.6) is 0 Å². The predicted molar refractivity (Wildman–Crippen MR) is 101 cm³/mol. The average Bonchev–Trinajstić information content (AvgIpc) is 3.11. The van der Waals surface area contributed by atoms with Crippen molar-refractivity contribution in [3.05, 3.63) is 47.4 Å². The highest BCUT2D eigenvalue weighted by Gasteiger charge is 2.40. The van der Waals surface area contributed by atoms with Crippen molar-refractivity contribution >= 4 is 11.8 Å². The molecule has 1 N–H and O–H groups in total. The third-order valence-corrected chi connectivity index (χ3v) is 5.12. The molecular weight excluding hydrogens is 347 g/mol. The fourth-order valence-corrected chi connectivity index (χ4v) is 3.64. The summed E-state index contributed by atoms with van der Waals surface area (Å²) in [6, 6.07) is 8.77. The van der Waals surface area contributed by atoms with Crippen LogP contribution in [-0.2, 0) is 15.9 Å². The van der Waals surface area contributed by atoms with Crippen LogP contribution in [0.1, 0.15) is 24.1 Å². The number of anilines is 2. The van der Waals surface area contributed by atoms with Gasteiger partial charge in [0.05, 0.1) is 13.2 Å². The number of rotatable bonds is 5. The minimum Gasteiger partial charge on any atom is -0.370 e. The normalized spacial score (nSPS) is 18.8. The summed E-state index contributed by atoms with van der Waals surface area (Å²) in [6.45, 7) is 5.54. The van der Waals surface area contributed by atoms with Crippen LogP contribution in [-0.4, -0.2) is 48.6 Å². The number of hydrogen-bond acceptors (Lipinski definition) is 6. The molecule has 7 heteroatoms. The smallest absolute Gasteiger partial charge is 0.227 e. The molecule has 0 amide bonds. The largest absolute Gasteiger partial charge is 0.370 e. The lowest BCUT2D eigenvalue weighted by Gasteiger charge is -2.37. The zero-order valence-electron chi connectivity index (χ0n) is 15.6. The number of piperidine rings is 1. The number of nitrogens with zero attached hydrogens (tertiary/aromatic N) is 3. The molecule has 0 aliphatic carbocycles. The molecule has 2 saturated heterocycles. The third-order valence-electron chi connectivity index (χ3n) is 5.12. The third kappa shape index (κ3) is 4.20. The van der Waals surface area contributed by atoms with Gasteiger partial charge in [0.2, 0.25) is 5.95 Å². The number of benzene rings is 1. The van der Waals surface area contributed by atoms with Crippen molar-refractivity contribution in [3.8, 4) is 0 Å². The quantitative estimate of drug-likeness (QED) is 0.871. The summed E-state index contributed by atoms with van der Waals surface area (Å²) < 4.78 is 25.3. The minimum atomic E-state index is -0.402. The second kappa shape index (κ2) is 7.78. The van der Waals surface area contributed by atoms with Crippen LogP contribution in [0.4, 0.5) is 16.2 Å². The van der Waals surface area contributed by atoms with E-state index in [1.54, 1.807) is 6.07 Å². The molecule has 4 rings (SSSR count). The summed E-state index contributed by atoms with van der Waals surface area (Å²) in [4.78, 5) is 11.4. The van der Waals surface area contributed by atoms with E-state index in [-0.39, 0.29) is 5.82 Å². The summed E-state index contributed by atoms with van der Waals surface area (Å²) in [5, 5.41) is 3.30. The molecule has 2 aliphatic heterocycles. The van der Waals surface area contributed by atoms with E-state index in [0.717, 1.165) is 43.4 Å². The van der Waals surface area contributed by atoms with Crippen LogP contribution < -0.4 is 10.2 Å². The lowest BCUT2D eigenvalue weighted by molar-refractivity contribution is -0.169. The fourth-order valence-electron chi connectivity index (χ4n) is 3.64. The molecule has 0 atom stereocenters. The van der Waals surface area contributed by atoms with E-state index in [1.165, 1.54) is 6.07 Å². The minimum absolute atomic E-state index is 0.169. The van der Waals surface area contributed by atoms with Crippen molar-refractivity contribution in [1.29, 1.82) is 0 Å². The van der Waals surface area contributed by atoms with Gasteiger partial charge in [-0.05, 0) is 25.0 Å². The number of nitrogens with one attached hydrogen (secondary N) is 1. The molecule has 1 spiro atoms. The predicted octanol–water partition coefficient (Wildman–Crippen LogP) is 2.92. The number of hydrogen-bond donors (Lipinski definition) is 1. The topological polar surface area (TPSA) is 59.5 Å². The van der Waals surface area contributed by atoms with Crippen LogP contribution >= 0.6 is 0 Å². The Morgan fingerprint density at radius 1 is 1.15 bits per heavy atom. The molecule has 144 valence electrons. The van der Waals surface area contributed by atoms with E-state index in [2.05, 4.69) is 20.2 Å². The molecule has 2 aromatic rings. The Kier molecular flexibility index (Phi) is 5.22. The second-order valence-corrected chi connectivity index (χ2v) is 7.06. The molecule has 1 aromatic heterocycles. The molecule has 2 aliphatic rings. The van der Waals surface area contributed by atoms with Crippen LogP contribution in [0.25, 0.3) is 0 Å². The van der Waals surface area contributed by atoms with Crippen molar-refractivity contribution in [2.24, 2.45) is 0 Å². The Morgan fingerprint density at radius 3 is 2.63 bits per heavy atom. The van der Waals surface area contributed by atoms with Crippen molar-refractivity contribution in [3.63, 3.8) is 0 Å². The first kappa shape index (κ1) is 18.1. The van der Waals surface area contributed by atoms with Crippen LogP contribution in [0.2, 0.25) is 0 Å². The Labute approximate surface area is 158 Å². The first-order chi connectivity index (χ1) is 13.1. The maximum absolute atomic E-state index is 13.7. The van der Waals surface area contributed by atoms with Gasteiger partial charge in [-0.3, -0.25) is 0 Å². The molecule has 27 heavy (non-hydrogen) atoms. The molecule has 3 heterocycles. The lowest BCUT2D eigenvalue weighted by Crippen LogP contribution is -2.45. The Balaban J connectivity index is 1.37. The van der Waals surface area contributed by atoms with E-state index in [9.17, 15) is 4.39 Å². The van der Waals surface area contributed by atoms with Gasteiger partial charge in [-0.2, -0.15) is 4.98 Å². The maximum atomic E-state index is 13.7. The van der Waals surface area contributed by atoms with Crippen molar-refractivity contribution in [2.75, 3.05) is 43.1 Å². The molecule has 0 bridgehead atoms. The summed E-state index contributed by atoms with van der Waals surface area (Å²) in [7, 11) is 0. The van der Waals surface area contributed by atoms with Gasteiger partial charge in [0, 0.05) is 44.2 Å². The maximum Gasteiger partial charge on any atom is 0.227 e. The standard InChI is InChI=1S/C20H25FN4O2/c1-15-14-18(22-9-6-16-4-2-3-5-17(16)21)24-19(23-15)25-10-7-20(8-11-25)26-12-13-27-20/h2-5,14H,6-13H2,1H3,(H,22,23,24). The zero-order chi connectivity index (χ0) is 18.7. The van der Waals surface area contributed by atoms with Crippen LogP contribution in [0.15, 0.2) is 30.3 Å². The fraction of sp³-hybridized carbons (Fsp3) is 0.500. The average molecular weight is 372 g/mol. The van der Waals surface area contributed by atoms with Gasteiger partial charge in [-0.1, -0.05) is 18.2 Å². The van der Waals surface area contributed by atoms with E-state index in [4.69, 9.17) is 9.47 Å². The summed E-state index contributed by atoms with van der Waals surface area (Å²) in [6.07, 6.45) is 2.24. The van der Waals surface area contributed by atoms with Crippen molar-refractivity contribution in [1.82, 2.24) is 9.97 Å². The van der Waals surface area contributed by atoms with Gasteiger partial charge in [0.25, 0.3) is 0 Å². The van der Waals surface area contributed by atoms with Crippen molar-refractivity contribution in [2.45, 2.75) is 32.0 Å². The summed E-state index contributed by atoms with van der Waals surface area (Å²) in [5.74, 6) is 0.914. The van der Waals surface area contributed by atoms with E-state index in [1.807, 2.05) is 25.1 Å². The highest BCUT2D eigenvalue weighted by Crippen LogP contribution is 2.32.